The lowest BCUT2D eigenvalue weighted by molar-refractivity contribution is 0.582. The van der Waals surface area contributed by atoms with Crippen LogP contribution in [0.5, 0.6) is 0 Å². The number of anilines is 1. The fraction of sp³-hybridized carbons (Fsp3) is 0.0588. The highest BCUT2D eigenvalue weighted by Gasteiger charge is 2.14. The molecular weight excluding hydrogens is 298 g/mol. The molecule has 0 bridgehead atoms. The van der Waals surface area contributed by atoms with Crippen molar-refractivity contribution in [3.63, 3.8) is 0 Å². The quantitative estimate of drug-likeness (QED) is 0.790. The zero-order valence-electron chi connectivity index (χ0n) is 12.0. The van der Waals surface area contributed by atoms with Gasteiger partial charge in [0.15, 0.2) is 0 Å². The first kappa shape index (κ1) is 14.4. The summed E-state index contributed by atoms with van der Waals surface area (Å²) in [6.45, 7) is 1.91. The molecule has 2 aromatic carbocycles. The predicted octanol–water partition coefficient (Wildman–Crippen LogP) is 4.06. The van der Waals surface area contributed by atoms with Crippen LogP contribution in [-0.4, -0.2) is 8.42 Å². The standard InChI is InChI=1S/C17H15NO3S/c1-13-7-9-16(10-8-13)22(19,20)18-15-5-2-4-14(12-15)17-6-3-11-21-17/h2-12,18H,1H3. The van der Waals surface area contributed by atoms with E-state index in [1.165, 1.54) is 0 Å². The fourth-order valence-corrected chi connectivity index (χ4v) is 3.16. The van der Waals surface area contributed by atoms with Gasteiger partial charge in [-0.3, -0.25) is 4.72 Å². The molecule has 0 aliphatic carbocycles. The molecule has 1 aromatic heterocycles. The van der Waals surface area contributed by atoms with Crippen LogP contribution in [-0.2, 0) is 10.0 Å². The van der Waals surface area contributed by atoms with Crippen LogP contribution in [0.15, 0.2) is 76.2 Å². The number of rotatable bonds is 4. The lowest BCUT2D eigenvalue weighted by Crippen LogP contribution is -2.12. The second-order valence-electron chi connectivity index (χ2n) is 4.98. The second kappa shape index (κ2) is 5.69. The minimum Gasteiger partial charge on any atom is -0.464 e. The Hall–Kier alpha value is -2.53. The van der Waals surface area contributed by atoms with E-state index in [9.17, 15) is 8.42 Å². The molecule has 0 unspecified atom stereocenters. The summed E-state index contributed by atoms with van der Waals surface area (Å²) in [7, 11) is -3.60. The Bertz CT molecular complexity index is 867. The average molecular weight is 313 g/mol. The molecule has 0 saturated carbocycles. The van der Waals surface area contributed by atoms with Crippen molar-refractivity contribution in [2.75, 3.05) is 4.72 Å². The first-order valence-corrected chi connectivity index (χ1v) is 8.26. The van der Waals surface area contributed by atoms with Gasteiger partial charge in [-0.1, -0.05) is 29.8 Å². The van der Waals surface area contributed by atoms with Crippen LogP contribution >= 0.6 is 0 Å². The van der Waals surface area contributed by atoms with Crippen LogP contribution in [0.1, 0.15) is 5.56 Å². The molecule has 0 aliphatic rings. The Balaban J connectivity index is 1.89. The molecule has 0 saturated heterocycles. The van der Waals surface area contributed by atoms with Gasteiger partial charge in [-0.15, -0.1) is 0 Å². The number of furan rings is 1. The second-order valence-corrected chi connectivity index (χ2v) is 6.66. The SMILES string of the molecule is Cc1ccc(S(=O)(=O)Nc2cccc(-c3ccco3)c2)cc1. The van der Waals surface area contributed by atoms with E-state index in [0.29, 0.717) is 11.4 Å². The fourth-order valence-electron chi connectivity index (χ4n) is 2.11. The van der Waals surface area contributed by atoms with Gasteiger partial charge in [0, 0.05) is 11.3 Å². The monoisotopic (exact) mass is 313 g/mol. The largest absolute Gasteiger partial charge is 0.464 e. The Morgan fingerprint density at radius 3 is 2.41 bits per heavy atom. The van der Waals surface area contributed by atoms with Crippen molar-refractivity contribution in [3.8, 4) is 11.3 Å². The maximum atomic E-state index is 12.4. The maximum absolute atomic E-state index is 12.4. The summed E-state index contributed by atoms with van der Waals surface area (Å²) in [6.07, 6.45) is 1.58. The highest BCUT2D eigenvalue weighted by atomic mass is 32.2. The van der Waals surface area contributed by atoms with Crippen molar-refractivity contribution in [2.24, 2.45) is 0 Å². The van der Waals surface area contributed by atoms with Gasteiger partial charge in [0.2, 0.25) is 0 Å². The highest BCUT2D eigenvalue weighted by Crippen LogP contribution is 2.24. The van der Waals surface area contributed by atoms with Gasteiger partial charge in [0.1, 0.15) is 5.76 Å². The van der Waals surface area contributed by atoms with Crippen LogP contribution in [0.25, 0.3) is 11.3 Å². The van der Waals surface area contributed by atoms with E-state index < -0.39 is 10.0 Å². The Morgan fingerprint density at radius 2 is 1.73 bits per heavy atom. The lowest BCUT2D eigenvalue weighted by atomic mass is 10.1. The number of sulfonamides is 1. The van der Waals surface area contributed by atoms with Gasteiger partial charge < -0.3 is 4.42 Å². The molecule has 0 fully saturated rings. The minimum absolute atomic E-state index is 0.238. The first-order valence-electron chi connectivity index (χ1n) is 6.78. The van der Waals surface area contributed by atoms with Crippen LogP contribution in [0.3, 0.4) is 0 Å². The van der Waals surface area contributed by atoms with E-state index in [1.807, 2.05) is 19.1 Å². The van der Waals surface area contributed by atoms with Crippen molar-refractivity contribution in [3.05, 3.63) is 72.5 Å². The summed E-state index contributed by atoms with van der Waals surface area (Å²) < 4.78 is 32.7. The van der Waals surface area contributed by atoms with E-state index >= 15 is 0 Å². The average Bonchev–Trinajstić information content (AvgIpc) is 3.02. The first-order chi connectivity index (χ1) is 10.5. The predicted molar refractivity (Wildman–Crippen MR) is 86.1 cm³/mol. The molecule has 0 aliphatic heterocycles. The molecule has 1 heterocycles. The third-order valence-corrected chi connectivity index (χ3v) is 4.65. The van der Waals surface area contributed by atoms with Gasteiger partial charge in [-0.2, -0.15) is 0 Å². The molecule has 0 amide bonds. The van der Waals surface area contributed by atoms with Gasteiger partial charge in [-0.05, 0) is 43.3 Å². The molecule has 4 nitrogen and oxygen atoms in total. The molecule has 0 spiro atoms. The molecule has 0 radical (unpaired) electrons. The Labute approximate surface area is 129 Å². The maximum Gasteiger partial charge on any atom is 0.261 e. The van der Waals surface area contributed by atoms with Crippen molar-refractivity contribution in [2.45, 2.75) is 11.8 Å². The summed E-state index contributed by atoms with van der Waals surface area (Å²) in [4.78, 5) is 0.238. The van der Waals surface area contributed by atoms with E-state index in [0.717, 1.165) is 11.1 Å². The summed E-state index contributed by atoms with van der Waals surface area (Å²) in [6, 6.07) is 17.4. The van der Waals surface area contributed by atoms with Crippen molar-refractivity contribution in [1.82, 2.24) is 0 Å². The smallest absolute Gasteiger partial charge is 0.261 e. The lowest BCUT2D eigenvalue weighted by Gasteiger charge is -2.09. The zero-order chi connectivity index (χ0) is 15.6. The van der Waals surface area contributed by atoms with Crippen molar-refractivity contribution in [1.29, 1.82) is 0 Å². The van der Waals surface area contributed by atoms with E-state index in [-0.39, 0.29) is 4.90 Å². The molecule has 3 aromatic rings. The topological polar surface area (TPSA) is 59.3 Å². The normalized spacial score (nSPS) is 11.3. The minimum atomic E-state index is -3.60. The van der Waals surface area contributed by atoms with Crippen LogP contribution in [0.4, 0.5) is 5.69 Å². The third-order valence-electron chi connectivity index (χ3n) is 3.25. The van der Waals surface area contributed by atoms with Gasteiger partial charge in [0.25, 0.3) is 10.0 Å². The number of hydrogen-bond donors (Lipinski definition) is 1. The van der Waals surface area contributed by atoms with Crippen molar-refractivity contribution < 1.29 is 12.8 Å². The van der Waals surface area contributed by atoms with E-state index in [2.05, 4.69) is 4.72 Å². The highest BCUT2D eigenvalue weighted by molar-refractivity contribution is 7.92. The molecule has 3 rings (SSSR count). The summed E-state index contributed by atoms with van der Waals surface area (Å²) in [5.41, 5.74) is 2.32. The summed E-state index contributed by atoms with van der Waals surface area (Å²) in [5.74, 6) is 0.691. The molecular formula is C17H15NO3S. The summed E-state index contributed by atoms with van der Waals surface area (Å²) >= 11 is 0. The van der Waals surface area contributed by atoms with Gasteiger partial charge in [0.05, 0.1) is 11.2 Å². The van der Waals surface area contributed by atoms with Crippen LogP contribution in [0, 0.1) is 6.92 Å². The van der Waals surface area contributed by atoms with Crippen LogP contribution < -0.4 is 4.72 Å². The van der Waals surface area contributed by atoms with Gasteiger partial charge in [-0.25, -0.2) is 8.42 Å². The summed E-state index contributed by atoms with van der Waals surface area (Å²) in [5, 5.41) is 0. The number of hydrogen-bond acceptors (Lipinski definition) is 3. The van der Waals surface area contributed by atoms with Crippen molar-refractivity contribution >= 4 is 15.7 Å². The zero-order valence-corrected chi connectivity index (χ0v) is 12.8. The Morgan fingerprint density at radius 1 is 0.955 bits per heavy atom. The molecule has 0 atom stereocenters. The molecule has 5 heteroatoms. The molecule has 1 N–H and O–H groups in total. The number of nitrogens with one attached hydrogen (secondary N) is 1. The van der Waals surface area contributed by atoms with Crippen LogP contribution in [0.2, 0.25) is 0 Å². The third kappa shape index (κ3) is 3.04. The van der Waals surface area contributed by atoms with E-state index in [1.54, 1.807) is 54.8 Å². The molecule has 112 valence electrons. The number of aryl methyl sites for hydroxylation is 1. The number of benzene rings is 2. The van der Waals surface area contributed by atoms with Gasteiger partial charge >= 0.3 is 0 Å². The van der Waals surface area contributed by atoms with E-state index in [4.69, 9.17) is 4.42 Å². The Kier molecular flexibility index (Phi) is 3.73. The molecule has 22 heavy (non-hydrogen) atoms.